The van der Waals surface area contributed by atoms with Crippen LogP contribution in [0.15, 0.2) is 46.0 Å². The zero-order valence-corrected chi connectivity index (χ0v) is 21.4. The number of esters is 2. The molecule has 1 aromatic heterocycles. The zero-order valence-electron chi connectivity index (χ0n) is 19.8. The van der Waals surface area contributed by atoms with Gasteiger partial charge in [-0.2, -0.15) is 0 Å². The van der Waals surface area contributed by atoms with Gasteiger partial charge in [-0.25, -0.2) is 19.0 Å². The molecule has 2 aromatic rings. The summed E-state index contributed by atoms with van der Waals surface area (Å²) in [7, 11) is 0. The van der Waals surface area contributed by atoms with Crippen molar-refractivity contribution >= 4 is 40.7 Å². The summed E-state index contributed by atoms with van der Waals surface area (Å²) in [6, 6.07) is 3.00. The number of benzene rings is 1. The van der Waals surface area contributed by atoms with E-state index in [1.807, 2.05) is 5.38 Å². The molecule has 2 atom stereocenters. The topological polar surface area (TPSA) is 102 Å². The summed E-state index contributed by atoms with van der Waals surface area (Å²) in [5.41, 5.74) is 1.12. The van der Waals surface area contributed by atoms with Gasteiger partial charge in [-0.15, -0.1) is 11.3 Å². The minimum absolute atomic E-state index is 0.110. The lowest BCUT2D eigenvalue weighted by Gasteiger charge is -2.32. The van der Waals surface area contributed by atoms with E-state index < -0.39 is 29.9 Å². The largest absolute Gasteiger partial charge is 0.463 e. The number of hydrogen-bond donors (Lipinski definition) is 1. The molecule has 1 fully saturated rings. The molecule has 1 saturated heterocycles. The Hall–Kier alpha value is -2.86. The molecule has 36 heavy (non-hydrogen) atoms. The first-order chi connectivity index (χ1) is 17.4. The van der Waals surface area contributed by atoms with Crippen LogP contribution in [0, 0.1) is 5.82 Å². The van der Waals surface area contributed by atoms with E-state index in [0.717, 1.165) is 0 Å². The molecule has 0 radical (unpaired) electrons. The predicted octanol–water partition coefficient (Wildman–Crippen LogP) is 3.11. The van der Waals surface area contributed by atoms with Gasteiger partial charge in [0.1, 0.15) is 11.9 Å². The fraction of sp³-hybridized carbons (Fsp3) is 0.417. The maximum Gasteiger partial charge on any atom is 0.347 e. The van der Waals surface area contributed by atoms with E-state index in [4.69, 9.17) is 30.8 Å². The van der Waals surface area contributed by atoms with E-state index in [-0.39, 0.29) is 17.2 Å². The Kier molecular flexibility index (Phi) is 8.68. The van der Waals surface area contributed by atoms with Crippen LogP contribution in [0.4, 0.5) is 4.39 Å². The van der Waals surface area contributed by atoms with Crippen LogP contribution < -0.4 is 5.32 Å². The molecule has 0 amide bonds. The van der Waals surface area contributed by atoms with Crippen molar-refractivity contribution in [2.75, 3.05) is 39.5 Å². The maximum absolute atomic E-state index is 13.9. The summed E-state index contributed by atoms with van der Waals surface area (Å²) in [6.45, 7) is 6.09. The maximum atomic E-state index is 13.9. The normalized spacial score (nSPS) is 19.3. The van der Waals surface area contributed by atoms with E-state index in [2.05, 4.69) is 15.2 Å². The van der Waals surface area contributed by atoms with Gasteiger partial charge in [0, 0.05) is 47.5 Å². The van der Waals surface area contributed by atoms with E-state index in [1.165, 1.54) is 36.5 Å². The van der Waals surface area contributed by atoms with Crippen LogP contribution in [0.3, 0.4) is 0 Å². The summed E-state index contributed by atoms with van der Waals surface area (Å²) < 4.78 is 29.8. The smallest absolute Gasteiger partial charge is 0.347 e. The Morgan fingerprint density at radius 3 is 2.81 bits per heavy atom. The summed E-state index contributed by atoms with van der Waals surface area (Å²) in [6.07, 6.45) is 0.517. The Balaban J connectivity index is 1.78. The third-order valence-electron chi connectivity index (χ3n) is 5.63. The SMILES string of the molecule is CCOC(=O)[C@@H](C)OC(=O)C1=C(CN2CCOCC2)NC(c2nccs2)=NC1c1ccc(F)cc1Cl. The second kappa shape index (κ2) is 11.9. The quantitative estimate of drug-likeness (QED) is 0.513. The van der Waals surface area contributed by atoms with Crippen molar-refractivity contribution in [3.63, 3.8) is 0 Å². The lowest BCUT2D eigenvalue weighted by atomic mass is 9.95. The second-order valence-corrected chi connectivity index (χ2v) is 9.39. The molecule has 2 aliphatic heterocycles. The van der Waals surface area contributed by atoms with Crippen LogP contribution in [-0.2, 0) is 23.8 Å². The Morgan fingerprint density at radius 1 is 1.36 bits per heavy atom. The number of thiazole rings is 1. The number of nitrogens with zero attached hydrogens (tertiary/aromatic N) is 3. The van der Waals surface area contributed by atoms with Crippen molar-refractivity contribution in [1.82, 2.24) is 15.2 Å². The molecule has 3 heterocycles. The van der Waals surface area contributed by atoms with Crippen LogP contribution in [0.1, 0.15) is 30.5 Å². The monoisotopic (exact) mass is 536 g/mol. The molecule has 1 aromatic carbocycles. The van der Waals surface area contributed by atoms with E-state index in [1.54, 1.807) is 13.1 Å². The number of nitrogens with one attached hydrogen (secondary N) is 1. The number of morpholine rings is 1. The first-order valence-electron chi connectivity index (χ1n) is 11.5. The summed E-state index contributed by atoms with van der Waals surface area (Å²) in [5, 5.41) is 5.79. The van der Waals surface area contributed by atoms with Gasteiger partial charge in [0.15, 0.2) is 16.9 Å². The molecule has 1 unspecified atom stereocenters. The summed E-state index contributed by atoms with van der Waals surface area (Å²) >= 11 is 7.80. The highest BCUT2D eigenvalue weighted by Crippen LogP contribution is 2.37. The van der Waals surface area contributed by atoms with Crippen LogP contribution in [0.5, 0.6) is 0 Å². The third-order valence-corrected chi connectivity index (χ3v) is 6.73. The first kappa shape index (κ1) is 26.2. The van der Waals surface area contributed by atoms with Gasteiger partial charge in [-0.1, -0.05) is 17.7 Å². The van der Waals surface area contributed by atoms with Gasteiger partial charge in [0.2, 0.25) is 0 Å². The molecule has 192 valence electrons. The number of carbonyl (C=O) groups excluding carboxylic acids is 2. The third kappa shape index (κ3) is 6.09. The zero-order chi connectivity index (χ0) is 25.7. The highest BCUT2D eigenvalue weighted by molar-refractivity contribution is 7.11. The molecule has 0 aliphatic carbocycles. The number of ether oxygens (including phenoxy) is 3. The highest BCUT2D eigenvalue weighted by Gasteiger charge is 2.36. The molecule has 4 rings (SSSR count). The Labute approximate surface area is 216 Å². The van der Waals surface area contributed by atoms with Crippen molar-refractivity contribution in [3.05, 3.63) is 62.5 Å². The number of amidine groups is 1. The molecule has 12 heteroatoms. The molecule has 0 bridgehead atoms. The molecular weight excluding hydrogens is 511 g/mol. The van der Waals surface area contributed by atoms with Crippen molar-refractivity contribution in [3.8, 4) is 0 Å². The average molecular weight is 537 g/mol. The van der Waals surface area contributed by atoms with E-state index in [0.29, 0.717) is 55.0 Å². The minimum Gasteiger partial charge on any atom is -0.463 e. The number of rotatable bonds is 8. The van der Waals surface area contributed by atoms with Crippen molar-refractivity contribution in [2.45, 2.75) is 26.0 Å². The van der Waals surface area contributed by atoms with Gasteiger partial charge in [0.05, 0.1) is 25.4 Å². The first-order valence-corrected chi connectivity index (χ1v) is 12.7. The Morgan fingerprint density at radius 2 is 2.14 bits per heavy atom. The predicted molar refractivity (Wildman–Crippen MR) is 132 cm³/mol. The Bertz CT molecular complexity index is 1170. The molecule has 2 aliphatic rings. The van der Waals surface area contributed by atoms with Crippen molar-refractivity contribution in [2.24, 2.45) is 4.99 Å². The van der Waals surface area contributed by atoms with E-state index >= 15 is 0 Å². The fourth-order valence-electron chi connectivity index (χ4n) is 3.87. The minimum atomic E-state index is -1.14. The average Bonchev–Trinajstić information content (AvgIpc) is 3.39. The van der Waals surface area contributed by atoms with Gasteiger partial charge in [0.25, 0.3) is 0 Å². The molecule has 1 N–H and O–H groups in total. The lowest BCUT2D eigenvalue weighted by Crippen LogP contribution is -2.43. The number of hydrogen-bond acceptors (Lipinski definition) is 10. The molecule has 0 spiro atoms. The van der Waals surface area contributed by atoms with Crippen LogP contribution in [0.25, 0.3) is 0 Å². The number of carbonyl (C=O) groups is 2. The number of halogens is 2. The van der Waals surface area contributed by atoms with Crippen LogP contribution in [0.2, 0.25) is 5.02 Å². The lowest BCUT2D eigenvalue weighted by molar-refractivity contribution is -0.164. The fourth-order valence-corrected chi connectivity index (χ4v) is 4.73. The van der Waals surface area contributed by atoms with Gasteiger partial charge in [-0.05, 0) is 26.0 Å². The van der Waals surface area contributed by atoms with Crippen molar-refractivity contribution in [1.29, 1.82) is 0 Å². The summed E-state index contributed by atoms with van der Waals surface area (Å²) in [5.74, 6) is -1.47. The number of aromatic nitrogens is 1. The molecule has 9 nitrogen and oxygen atoms in total. The van der Waals surface area contributed by atoms with Gasteiger partial charge in [-0.3, -0.25) is 9.89 Å². The molecule has 0 saturated carbocycles. The molecular formula is C24H26ClFN4O5S. The summed E-state index contributed by atoms with van der Waals surface area (Å²) in [4.78, 5) is 36.9. The highest BCUT2D eigenvalue weighted by atomic mass is 35.5. The van der Waals surface area contributed by atoms with E-state index in [9.17, 15) is 14.0 Å². The standard InChI is InChI=1S/C24H26ClFN4O5S/c1-3-34-23(31)14(2)35-24(32)19-18(13-30-7-9-33-10-8-30)28-21(22-27-6-11-36-22)29-20(19)16-5-4-15(26)12-17(16)25/h4-6,11-12,14,20H,3,7-10,13H2,1-2H3,(H,28,29)/t14-,20?/m1/s1. The van der Waals surface area contributed by atoms with Crippen molar-refractivity contribution < 1.29 is 28.2 Å². The van der Waals surface area contributed by atoms with Crippen LogP contribution >= 0.6 is 22.9 Å². The number of aliphatic imine (C=N–C) groups is 1. The van der Waals surface area contributed by atoms with Gasteiger partial charge >= 0.3 is 11.9 Å². The van der Waals surface area contributed by atoms with Gasteiger partial charge < -0.3 is 19.5 Å². The van der Waals surface area contributed by atoms with Crippen LogP contribution in [-0.4, -0.2) is 73.2 Å². The second-order valence-electron chi connectivity index (χ2n) is 8.09.